The lowest BCUT2D eigenvalue weighted by Crippen LogP contribution is -2.31. The quantitative estimate of drug-likeness (QED) is 0.665. The molecule has 3 aromatic carbocycles. The third-order valence-corrected chi connectivity index (χ3v) is 3.87. The molecule has 0 unspecified atom stereocenters. The van der Waals surface area contributed by atoms with Crippen LogP contribution in [0.15, 0.2) is 78.9 Å². The highest BCUT2D eigenvalue weighted by atomic mass is 16.5. The van der Waals surface area contributed by atoms with Crippen molar-refractivity contribution in [2.45, 2.75) is 13.0 Å². The lowest BCUT2D eigenvalue weighted by Gasteiger charge is -2.16. The predicted molar refractivity (Wildman–Crippen MR) is 106 cm³/mol. The lowest BCUT2D eigenvalue weighted by molar-refractivity contribution is -0.116. The maximum atomic E-state index is 12.3. The minimum atomic E-state index is -0.448. The van der Waals surface area contributed by atoms with Gasteiger partial charge in [0.15, 0.2) is 0 Å². The molecule has 0 spiro atoms. The fraction of sp³-hybridized carbons (Fsp3) is 0.0909. The Morgan fingerprint density at radius 1 is 0.926 bits per heavy atom. The van der Waals surface area contributed by atoms with Gasteiger partial charge in [0, 0.05) is 11.4 Å². The second kappa shape index (κ2) is 8.54. The van der Waals surface area contributed by atoms with Crippen LogP contribution in [0.4, 0.5) is 11.4 Å². The highest BCUT2D eigenvalue weighted by Gasteiger charge is 2.13. The van der Waals surface area contributed by atoms with Crippen molar-refractivity contribution in [1.82, 2.24) is 0 Å². The SMILES string of the molecule is C[C@H](Nc1ccc(Oc2ccccc2)cc1)C(=O)Nc1cccc(C#N)c1. The molecular weight excluding hydrogens is 338 g/mol. The van der Waals surface area contributed by atoms with Crippen molar-refractivity contribution < 1.29 is 9.53 Å². The van der Waals surface area contributed by atoms with Gasteiger partial charge in [0.05, 0.1) is 11.6 Å². The van der Waals surface area contributed by atoms with E-state index >= 15 is 0 Å². The molecule has 0 bridgehead atoms. The Labute approximate surface area is 158 Å². The van der Waals surface area contributed by atoms with Gasteiger partial charge in [0.25, 0.3) is 0 Å². The Bertz CT molecular complexity index is 947. The van der Waals surface area contributed by atoms with Crippen molar-refractivity contribution in [3.8, 4) is 17.6 Å². The topological polar surface area (TPSA) is 74.2 Å². The average molecular weight is 357 g/mol. The maximum absolute atomic E-state index is 12.3. The summed E-state index contributed by atoms with van der Waals surface area (Å²) in [6.07, 6.45) is 0. The molecule has 0 radical (unpaired) electrons. The minimum Gasteiger partial charge on any atom is -0.457 e. The number of nitrogens with zero attached hydrogens (tertiary/aromatic N) is 1. The predicted octanol–water partition coefficient (Wildman–Crippen LogP) is 4.79. The molecule has 27 heavy (non-hydrogen) atoms. The molecule has 0 heterocycles. The third kappa shape index (κ3) is 5.10. The van der Waals surface area contributed by atoms with Crippen LogP contribution < -0.4 is 15.4 Å². The van der Waals surface area contributed by atoms with Gasteiger partial charge in [-0.2, -0.15) is 5.26 Å². The van der Waals surface area contributed by atoms with Gasteiger partial charge >= 0.3 is 0 Å². The molecule has 0 aromatic heterocycles. The van der Waals surface area contributed by atoms with Gasteiger partial charge in [-0.1, -0.05) is 24.3 Å². The largest absolute Gasteiger partial charge is 0.457 e. The van der Waals surface area contributed by atoms with E-state index in [0.717, 1.165) is 17.2 Å². The monoisotopic (exact) mass is 357 g/mol. The molecule has 0 saturated carbocycles. The van der Waals surface area contributed by atoms with Crippen LogP contribution in [0.1, 0.15) is 12.5 Å². The van der Waals surface area contributed by atoms with Crippen molar-refractivity contribution in [1.29, 1.82) is 5.26 Å². The summed E-state index contributed by atoms with van der Waals surface area (Å²) in [5, 5.41) is 14.9. The number of nitriles is 1. The fourth-order valence-corrected chi connectivity index (χ4v) is 2.48. The van der Waals surface area contributed by atoms with Crippen molar-refractivity contribution in [2.24, 2.45) is 0 Å². The summed E-state index contributed by atoms with van der Waals surface area (Å²) in [6.45, 7) is 1.78. The van der Waals surface area contributed by atoms with Crippen LogP contribution in [0.25, 0.3) is 0 Å². The highest BCUT2D eigenvalue weighted by Crippen LogP contribution is 2.23. The number of benzene rings is 3. The van der Waals surface area contributed by atoms with E-state index in [2.05, 4.69) is 16.7 Å². The first-order valence-electron chi connectivity index (χ1n) is 8.54. The maximum Gasteiger partial charge on any atom is 0.246 e. The number of amides is 1. The number of anilines is 2. The van der Waals surface area contributed by atoms with Crippen LogP contribution in [0.2, 0.25) is 0 Å². The molecular formula is C22H19N3O2. The van der Waals surface area contributed by atoms with E-state index in [1.807, 2.05) is 54.6 Å². The van der Waals surface area contributed by atoms with Gasteiger partial charge in [-0.15, -0.1) is 0 Å². The van der Waals surface area contributed by atoms with Crippen molar-refractivity contribution in [3.63, 3.8) is 0 Å². The first-order valence-corrected chi connectivity index (χ1v) is 8.54. The summed E-state index contributed by atoms with van der Waals surface area (Å²) in [7, 11) is 0. The van der Waals surface area contributed by atoms with Gasteiger partial charge in [-0.05, 0) is 61.5 Å². The summed E-state index contributed by atoms with van der Waals surface area (Å²) >= 11 is 0. The number of rotatable bonds is 6. The molecule has 3 aromatic rings. The Morgan fingerprint density at radius 3 is 2.33 bits per heavy atom. The Kier molecular flexibility index (Phi) is 5.70. The van der Waals surface area contributed by atoms with Crippen LogP contribution in [-0.2, 0) is 4.79 Å². The van der Waals surface area contributed by atoms with Gasteiger partial charge in [0.1, 0.15) is 17.5 Å². The zero-order chi connectivity index (χ0) is 19.1. The van der Waals surface area contributed by atoms with E-state index in [1.54, 1.807) is 31.2 Å². The van der Waals surface area contributed by atoms with Crippen LogP contribution in [0.3, 0.4) is 0 Å². The third-order valence-electron chi connectivity index (χ3n) is 3.87. The molecule has 0 aliphatic rings. The first-order chi connectivity index (χ1) is 13.1. The van der Waals surface area contributed by atoms with Crippen molar-refractivity contribution in [3.05, 3.63) is 84.4 Å². The number of para-hydroxylation sites is 1. The van der Waals surface area contributed by atoms with Crippen molar-refractivity contribution in [2.75, 3.05) is 10.6 Å². The molecule has 134 valence electrons. The van der Waals surface area contributed by atoms with Gasteiger partial charge in [-0.25, -0.2) is 0 Å². The van der Waals surface area contributed by atoms with E-state index in [9.17, 15) is 4.79 Å². The van der Waals surface area contributed by atoms with Gasteiger partial charge < -0.3 is 15.4 Å². The lowest BCUT2D eigenvalue weighted by atomic mass is 10.2. The van der Waals surface area contributed by atoms with E-state index < -0.39 is 6.04 Å². The van der Waals surface area contributed by atoms with Crippen LogP contribution in [0.5, 0.6) is 11.5 Å². The van der Waals surface area contributed by atoms with E-state index in [4.69, 9.17) is 10.00 Å². The molecule has 1 amide bonds. The number of carbonyl (C=O) groups is 1. The van der Waals surface area contributed by atoms with E-state index in [-0.39, 0.29) is 5.91 Å². The second-order valence-corrected chi connectivity index (χ2v) is 5.99. The van der Waals surface area contributed by atoms with Gasteiger partial charge in [-0.3, -0.25) is 4.79 Å². The smallest absolute Gasteiger partial charge is 0.246 e. The van der Waals surface area contributed by atoms with Crippen LogP contribution >= 0.6 is 0 Å². The summed E-state index contributed by atoms with van der Waals surface area (Å²) in [5.41, 5.74) is 1.91. The molecule has 0 aliphatic heterocycles. The number of carbonyl (C=O) groups excluding carboxylic acids is 1. The second-order valence-electron chi connectivity index (χ2n) is 5.99. The highest BCUT2D eigenvalue weighted by molar-refractivity contribution is 5.96. The molecule has 1 atom stereocenters. The molecule has 0 fully saturated rings. The standard InChI is InChI=1S/C22H19N3O2/c1-16(22(26)25-19-7-5-6-17(14-19)15-23)24-18-10-12-21(13-11-18)27-20-8-3-2-4-9-20/h2-14,16,24H,1H3,(H,25,26)/t16-/m0/s1. The number of nitrogens with one attached hydrogen (secondary N) is 2. The molecule has 3 rings (SSSR count). The normalized spacial score (nSPS) is 11.1. The summed E-state index contributed by atoms with van der Waals surface area (Å²) in [4.78, 5) is 12.3. The number of hydrogen-bond acceptors (Lipinski definition) is 4. The zero-order valence-electron chi connectivity index (χ0n) is 14.8. The van der Waals surface area contributed by atoms with Crippen LogP contribution in [0, 0.1) is 11.3 Å². The van der Waals surface area contributed by atoms with Crippen LogP contribution in [-0.4, -0.2) is 11.9 Å². The number of ether oxygens (including phenoxy) is 1. The molecule has 0 saturated heterocycles. The minimum absolute atomic E-state index is 0.185. The summed E-state index contributed by atoms with van der Waals surface area (Å²) in [6, 6.07) is 25.4. The molecule has 5 nitrogen and oxygen atoms in total. The average Bonchev–Trinajstić information content (AvgIpc) is 2.70. The zero-order valence-corrected chi connectivity index (χ0v) is 14.8. The first kappa shape index (κ1) is 18.0. The summed E-state index contributed by atoms with van der Waals surface area (Å²) < 4.78 is 5.75. The Morgan fingerprint density at radius 2 is 1.63 bits per heavy atom. The van der Waals surface area contributed by atoms with E-state index in [1.165, 1.54) is 0 Å². The van der Waals surface area contributed by atoms with Gasteiger partial charge in [0.2, 0.25) is 5.91 Å². The summed E-state index contributed by atoms with van der Waals surface area (Å²) in [5.74, 6) is 1.30. The Balaban J connectivity index is 1.57. The molecule has 0 aliphatic carbocycles. The molecule has 5 heteroatoms. The van der Waals surface area contributed by atoms with Crippen molar-refractivity contribution >= 4 is 17.3 Å². The number of hydrogen-bond donors (Lipinski definition) is 2. The van der Waals surface area contributed by atoms with E-state index in [0.29, 0.717) is 11.3 Å². The molecule has 2 N–H and O–H groups in total. The Hall–Kier alpha value is -3.78. The fourth-order valence-electron chi connectivity index (χ4n) is 2.48.